The molecule has 0 spiro atoms. The molecule has 0 radical (unpaired) electrons. The van der Waals surface area contributed by atoms with Gasteiger partial charge in [-0.3, -0.25) is 0 Å². The Balaban J connectivity index is 2.16. The second kappa shape index (κ2) is 6.06. The number of benzene rings is 1. The lowest BCUT2D eigenvalue weighted by atomic mass is 9.85. The lowest BCUT2D eigenvalue weighted by molar-refractivity contribution is -0.138. The van der Waals surface area contributed by atoms with Crippen molar-refractivity contribution in [2.75, 3.05) is 6.61 Å². The van der Waals surface area contributed by atoms with E-state index >= 15 is 0 Å². The molecule has 2 atom stereocenters. The fourth-order valence-corrected chi connectivity index (χ4v) is 2.89. The number of hydrogen-bond donors (Lipinski definition) is 1. The predicted molar refractivity (Wildman–Crippen MR) is 78.2 cm³/mol. The lowest BCUT2D eigenvalue weighted by Gasteiger charge is -2.38. The van der Waals surface area contributed by atoms with Crippen LogP contribution in [-0.4, -0.2) is 17.3 Å². The molecule has 1 heterocycles. The molecular formula is C17H26O2. The fourth-order valence-electron chi connectivity index (χ4n) is 2.89. The lowest BCUT2D eigenvalue weighted by Crippen LogP contribution is -2.39. The molecule has 0 aliphatic carbocycles. The maximum atomic E-state index is 10.6. The number of rotatable bonds is 4. The van der Waals surface area contributed by atoms with Crippen molar-refractivity contribution >= 4 is 0 Å². The van der Waals surface area contributed by atoms with Gasteiger partial charge in [-0.15, -0.1) is 0 Å². The van der Waals surface area contributed by atoms with Gasteiger partial charge in [0, 0.05) is 6.61 Å². The van der Waals surface area contributed by atoms with Gasteiger partial charge in [-0.05, 0) is 49.7 Å². The molecule has 1 aromatic rings. The molecule has 1 fully saturated rings. The van der Waals surface area contributed by atoms with Gasteiger partial charge in [0.25, 0.3) is 0 Å². The quantitative estimate of drug-likeness (QED) is 0.892. The van der Waals surface area contributed by atoms with Crippen LogP contribution in [0.5, 0.6) is 0 Å². The molecule has 1 saturated heterocycles. The molecule has 19 heavy (non-hydrogen) atoms. The van der Waals surface area contributed by atoms with E-state index in [1.807, 2.05) is 19.1 Å². The highest BCUT2D eigenvalue weighted by molar-refractivity contribution is 5.27. The predicted octanol–water partition coefficient (Wildman–Crippen LogP) is 3.88. The van der Waals surface area contributed by atoms with Gasteiger partial charge in [0.15, 0.2) is 0 Å². The third-order valence-electron chi connectivity index (χ3n) is 3.99. The minimum absolute atomic E-state index is 0.422. The van der Waals surface area contributed by atoms with Crippen LogP contribution in [0.1, 0.15) is 57.3 Å². The van der Waals surface area contributed by atoms with E-state index in [1.54, 1.807) is 0 Å². The second-order valence-electron chi connectivity index (χ2n) is 6.36. The summed E-state index contributed by atoms with van der Waals surface area (Å²) in [6, 6.07) is 8.33. The average Bonchev–Trinajstić information content (AvgIpc) is 2.38. The van der Waals surface area contributed by atoms with E-state index < -0.39 is 11.7 Å². The van der Waals surface area contributed by atoms with Crippen molar-refractivity contribution in [1.82, 2.24) is 0 Å². The van der Waals surface area contributed by atoms with Gasteiger partial charge in [-0.2, -0.15) is 0 Å². The normalized spacial score (nSPS) is 25.5. The van der Waals surface area contributed by atoms with Crippen LogP contribution in [0.2, 0.25) is 0 Å². The molecule has 0 amide bonds. The standard InChI is InChI=1S/C17H26O2/c1-13(2)11-14-7-6-8-15(12-14)16(18)17(3)9-4-5-10-19-17/h6-8,12-13,16,18H,4-5,9-11H2,1-3H3. The molecule has 0 aromatic heterocycles. The van der Waals surface area contributed by atoms with Crippen molar-refractivity contribution < 1.29 is 9.84 Å². The molecule has 2 unspecified atom stereocenters. The van der Waals surface area contributed by atoms with Crippen LogP contribution in [0.3, 0.4) is 0 Å². The molecule has 1 N–H and O–H groups in total. The Labute approximate surface area is 116 Å². The summed E-state index contributed by atoms with van der Waals surface area (Å²) in [7, 11) is 0. The van der Waals surface area contributed by atoms with Crippen LogP contribution in [0, 0.1) is 5.92 Å². The van der Waals surface area contributed by atoms with Gasteiger partial charge in [-0.1, -0.05) is 38.1 Å². The first-order chi connectivity index (χ1) is 9.01. The van der Waals surface area contributed by atoms with Gasteiger partial charge in [-0.25, -0.2) is 0 Å². The first-order valence-corrected chi connectivity index (χ1v) is 7.42. The molecule has 1 aliphatic rings. The maximum Gasteiger partial charge on any atom is 0.108 e. The van der Waals surface area contributed by atoms with E-state index in [4.69, 9.17) is 4.74 Å². The summed E-state index contributed by atoms with van der Waals surface area (Å²) in [4.78, 5) is 0. The SMILES string of the molecule is CC(C)Cc1cccc(C(O)C2(C)CCCCO2)c1. The molecule has 0 bridgehead atoms. The third-order valence-corrected chi connectivity index (χ3v) is 3.99. The van der Waals surface area contributed by atoms with E-state index in [0.717, 1.165) is 37.9 Å². The van der Waals surface area contributed by atoms with E-state index in [9.17, 15) is 5.11 Å². The van der Waals surface area contributed by atoms with E-state index in [0.29, 0.717) is 5.92 Å². The van der Waals surface area contributed by atoms with Crippen molar-refractivity contribution in [3.63, 3.8) is 0 Å². The first-order valence-electron chi connectivity index (χ1n) is 7.42. The molecule has 2 rings (SSSR count). The van der Waals surface area contributed by atoms with Crippen LogP contribution in [0.4, 0.5) is 0 Å². The fraction of sp³-hybridized carbons (Fsp3) is 0.647. The van der Waals surface area contributed by atoms with Crippen molar-refractivity contribution in [3.8, 4) is 0 Å². The van der Waals surface area contributed by atoms with Crippen LogP contribution >= 0.6 is 0 Å². The Morgan fingerprint density at radius 3 is 2.74 bits per heavy atom. The van der Waals surface area contributed by atoms with Gasteiger partial charge in [0.2, 0.25) is 0 Å². The van der Waals surface area contributed by atoms with E-state index in [-0.39, 0.29) is 0 Å². The maximum absolute atomic E-state index is 10.6. The van der Waals surface area contributed by atoms with Crippen molar-refractivity contribution in [1.29, 1.82) is 0 Å². The summed E-state index contributed by atoms with van der Waals surface area (Å²) in [6.07, 6.45) is 3.70. The molecular weight excluding hydrogens is 236 g/mol. The number of ether oxygens (including phenoxy) is 1. The molecule has 1 aliphatic heterocycles. The van der Waals surface area contributed by atoms with Gasteiger partial charge < -0.3 is 9.84 Å². The van der Waals surface area contributed by atoms with Crippen molar-refractivity contribution in [2.24, 2.45) is 5.92 Å². The summed E-state index contributed by atoms with van der Waals surface area (Å²) in [6.45, 7) is 7.23. The number of hydrogen-bond acceptors (Lipinski definition) is 2. The topological polar surface area (TPSA) is 29.5 Å². The zero-order valence-electron chi connectivity index (χ0n) is 12.4. The Morgan fingerprint density at radius 2 is 2.11 bits per heavy atom. The van der Waals surface area contributed by atoms with Crippen LogP contribution in [0.25, 0.3) is 0 Å². The Kier molecular flexibility index (Phi) is 4.64. The van der Waals surface area contributed by atoms with Crippen LogP contribution in [0.15, 0.2) is 24.3 Å². The van der Waals surface area contributed by atoms with Gasteiger partial charge >= 0.3 is 0 Å². The molecule has 1 aromatic carbocycles. The summed E-state index contributed by atoms with van der Waals surface area (Å²) >= 11 is 0. The molecule has 106 valence electrons. The minimum Gasteiger partial charge on any atom is -0.385 e. The highest BCUT2D eigenvalue weighted by Gasteiger charge is 2.36. The Bertz CT molecular complexity index is 405. The smallest absolute Gasteiger partial charge is 0.108 e. The van der Waals surface area contributed by atoms with Gasteiger partial charge in [0.05, 0.1) is 5.60 Å². The number of aliphatic hydroxyl groups is 1. The Morgan fingerprint density at radius 1 is 1.32 bits per heavy atom. The first kappa shape index (κ1) is 14.5. The average molecular weight is 262 g/mol. The summed E-state index contributed by atoms with van der Waals surface area (Å²) in [5.41, 5.74) is 1.86. The monoisotopic (exact) mass is 262 g/mol. The van der Waals surface area contributed by atoms with Crippen molar-refractivity contribution in [2.45, 2.75) is 58.2 Å². The van der Waals surface area contributed by atoms with Crippen molar-refractivity contribution in [3.05, 3.63) is 35.4 Å². The van der Waals surface area contributed by atoms with E-state index in [2.05, 4.69) is 26.0 Å². The van der Waals surface area contributed by atoms with Crippen LogP contribution < -0.4 is 0 Å². The molecule has 2 nitrogen and oxygen atoms in total. The molecule has 2 heteroatoms. The van der Waals surface area contributed by atoms with E-state index in [1.165, 1.54) is 5.56 Å². The largest absolute Gasteiger partial charge is 0.385 e. The molecule has 0 saturated carbocycles. The highest BCUT2D eigenvalue weighted by atomic mass is 16.5. The summed E-state index contributed by atoms with van der Waals surface area (Å²) in [5.74, 6) is 0.633. The van der Waals surface area contributed by atoms with Crippen LogP contribution in [-0.2, 0) is 11.2 Å². The second-order valence-corrected chi connectivity index (χ2v) is 6.36. The van der Waals surface area contributed by atoms with Gasteiger partial charge in [0.1, 0.15) is 6.10 Å². The highest BCUT2D eigenvalue weighted by Crippen LogP contribution is 2.36. The third kappa shape index (κ3) is 3.58. The summed E-state index contributed by atoms with van der Waals surface area (Å²) in [5, 5.41) is 10.6. The Hall–Kier alpha value is -0.860. The zero-order valence-corrected chi connectivity index (χ0v) is 12.4. The zero-order chi connectivity index (χ0) is 13.9. The minimum atomic E-state index is -0.528. The number of aliphatic hydroxyl groups excluding tert-OH is 1. The summed E-state index contributed by atoms with van der Waals surface area (Å²) < 4.78 is 5.85.